The van der Waals surface area contributed by atoms with Crippen molar-refractivity contribution in [2.24, 2.45) is 11.7 Å². The molecule has 1 aliphatic heterocycles. The van der Waals surface area contributed by atoms with Crippen LogP contribution in [0, 0.1) is 5.92 Å². The van der Waals surface area contributed by atoms with Gasteiger partial charge in [0.1, 0.15) is 0 Å². The molecule has 104 valence electrons. The van der Waals surface area contributed by atoms with Crippen molar-refractivity contribution in [2.45, 2.75) is 39.3 Å². The first-order valence-corrected chi connectivity index (χ1v) is 6.54. The third-order valence-electron chi connectivity index (χ3n) is 3.55. The average Bonchev–Trinajstić information content (AvgIpc) is 2.32. The van der Waals surface area contributed by atoms with E-state index in [-0.39, 0.29) is 18.0 Å². The molecule has 1 rings (SSSR count). The topological polar surface area (TPSA) is 87.5 Å². The van der Waals surface area contributed by atoms with E-state index in [1.807, 2.05) is 4.90 Å². The van der Waals surface area contributed by atoms with Gasteiger partial charge in [0.05, 0.1) is 6.04 Å². The van der Waals surface area contributed by atoms with E-state index in [0.717, 1.165) is 13.0 Å². The number of nitrogens with zero attached hydrogens (tertiary/aromatic N) is 1. The van der Waals surface area contributed by atoms with Crippen LogP contribution in [0.2, 0.25) is 0 Å². The van der Waals surface area contributed by atoms with Crippen LogP contribution in [0.25, 0.3) is 0 Å². The van der Waals surface area contributed by atoms with E-state index in [1.54, 1.807) is 13.8 Å². The van der Waals surface area contributed by atoms with E-state index in [4.69, 9.17) is 5.73 Å². The molecule has 0 aromatic heterocycles. The second-order valence-electron chi connectivity index (χ2n) is 4.95. The Balaban J connectivity index is 2.46. The number of carbonyl (C=O) groups is 2. The van der Waals surface area contributed by atoms with Crippen molar-refractivity contribution in [1.29, 1.82) is 0 Å². The molecular formula is C12H24N4O2. The summed E-state index contributed by atoms with van der Waals surface area (Å²) in [5.74, 6) is 0.211. The van der Waals surface area contributed by atoms with Crippen molar-refractivity contribution in [3.8, 4) is 0 Å². The number of carbonyl (C=O) groups excluding carboxylic acids is 2. The van der Waals surface area contributed by atoms with Gasteiger partial charge in [-0.15, -0.1) is 0 Å². The van der Waals surface area contributed by atoms with E-state index >= 15 is 0 Å². The molecule has 0 bridgehead atoms. The molecule has 18 heavy (non-hydrogen) atoms. The minimum Gasteiger partial charge on any atom is -0.338 e. The average molecular weight is 256 g/mol. The molecular weight excluding hydrogens is 232 g/mol. The third kappa shape index (κ3) is 3.96. The van der Waals surface area contributed by atoms with Gasteiger partial charge in [-0.1, -0.05) is 6.92 Å². The Morgan fingerprint density at radius 2 is 2.17 bits per heavy atom. The zero-order valence-electron chi connectivity index (χ0n) is 11.4. The molecule has 4 N–H and O–H groups in total. The zero-order valence-corrected chi connectivity index (χ0v) is 11.4. The van der Waals surface area contributed by atoms with Gasteiger partial charge in [0.15, 0.2) is 0 Å². The highest BCUT2D eigenvalue weighted by Crippen LogP contribution is 2.17. The largest absolute Gasteiger partial charge is 0.338 e. The van der Waals surface area contributed by atoms with Gasteiger partial charge >= 0.3 is 6.03 Å². The summed E-state index contributed by atoms with van der Waals surface area (Å²) in [6.45, 7) is 7.78. The number of piperidine rings is 1. The lowest BCUT2D eigenvalue weighted by Crippen LogP contribution is -2.55. The van der Waals surface area contributed by atoms with E-state index in [9.17, 15) is 9.59 Å². The molecule has 0 aliphatic carbocycles. The lowest BCUT2D eigenvalue weighted by atomic mass is 9.93. The van der Waals surface area contributed by atoms with E-state index in [2.05, 4.69) is 17.6 Å². The lowest BCUT2D eigenvalue weighted by molar-refractivity contribution is -0.125. The van der Waals surface area contributed by atoms with Crippen molar-refractivity contribution in [2.75, 3.05) is 19.6 Å². The number of amides is 3. The van der Waals surface area contributed by atoms with Crippen LogP contribution in [0.1, 0.15) is 27.2 Å². The molecule has 0 aromatic rings. The van der Waals surface area contributed by atoms with Gasteiger partial charge in [-0.25, -0.2) is 4.79 Å². The number of hydrogen-bond donors (Lipinski definition) is 3. The van der Waals surface area contributed by atoms with Gasteiger partial charge in [0.2, 0.25) is 5.91 Å². The van der Waals surface area contributed by atoms with Crippen molar-refractivity contribution in [3.63, 3.8) is 0 Å². The van der Waals surface area contributed by atoms with Crippen LogP contribution >= 0.6 is 0 Å². The summed E-state index contributed by atoms with van der Waals surface area (Å²) in [6.07, 6.45) is 0.986. The fourth-order valence-electron chi connectivity index (χ4n) is 2.06. The number of hydrogen-bond acceptors (Lipinski definition) is 4. The quantitative estimate of drug-likeness (QED) is 0.657. The van der Waals surface area contributed by atoms with Crippen LogP contribution in [-0.4, -0.2) is 48.6 Å². The maximum absolute atomic E-state index is 11.9. The van der Waals surface area contributed by atoms with Crippen LogP contribution in [-0.2, 0) is 4.79 Å². The van der Waals surface area contributed by atoms with Crippen molar-refractivity contribution < 1.29 is 9.59 Å². The highest BCUT2D eigenvalue weighted by molar-refractivity contribution is 5.96. The Bertz CT molecular complexity index is 308. The summed E-state index contributed by atoms with van der Waals surface area (Å²) >= 11 is 0. The molecule has 6 heteroatoms. The van der Waals surface area contributed by atoms with Gasteiger partial charge in [-0.2, -0.15) is 0 Å². The standard InChI is InChI=1S/C12H24N4O2/c1-4-14-12(18)15-11(17)9(3)16-6-5-8(2)10(13)7-16/h8-10H,4-7,13H2,1-3H3,(H2,14,15,17,18). The summed E-state index contributed by atoms with van der Waals surface area (Å²) in [4.78, 5) is 25.2. The molecule has 1 saturated heterocycles. The zero-order chi connectivity index (χ0) is 13.7. The Morgan fingerprint density at radius 3 is 2.72 bits per heavy atom. The van der Waals surface area contributed by atoms with E-state index < -0.39 is 6.03 Å². The summed E-state index contributed by atoms with van der Waals surface area (Å²) in [5, 5.41) is 4.87. The first-order valence-electron chi connectivity index (χ1n) is 6.54. The molecule has 1 aliphatic rings. The second kappa shape index (κ2) is 6.70. The number of imide groups is 1. The van der Waals surface area contributed by atoms with Crippen LogP contribution in [0.15, 0.2) is 0 Å². The van der Waals surface area contributed by atoms with Crippen LogP contribution in [0.5, 0.6) is 0 Å². The van der Waals surface area contributed by atoms with Crippen molar-refractivity contribution >= 4 is 11.9 Å². The monoisotopic (exact) mass is 256 g/mol. The molecule has 0 aromatic carbocycles. The normalized spacial score (nSPS) is 26.4. The Hall–Kier alpha value is -1.14. The smallest absolute Gasteiger partial charge is 0.321 e. The molecule has 3 unspecified atom stereocenters. The predicted molar refractivity (Wildman–Crippen MR) is 70.0 cm³/mol. The highest BCUT2D eigenvalue weighted by atomic mass is 16.2. The lowest BCUT2D eigenvalue weighted by Gasteiger charge is -2.37. The summed E-state index contributed by atoms with van der Waals surface area (Å²) in [6, 6.07) is -0.673. The SMILES string of the molecule is CCNC(=O)NC(=O)C(C)N1CCC(C)C(N)C1. The molecule has 0 saturated carbocycles. The minimum atomic E-state index is -0.441. The van der Waals surface area contributed by atoms with Gasteiger partial charge < -0.3 is 11.1 Å². The maximum atomic E-state index is 11.9. The summed E-state index contributed by atoms with van der Waals surface area (Å²) < 4.78 is 0. The third-order valence-corrected chi connectivity index (χ3v) is 3.55. The molecule has 6 nitrogen and oxygen atoms in total. The maximum Gasteiger partial charge on any atom is 0.321 e. The first kappa shape index (κ1) is 14.9. The molecule has 3 atom stereocenters. The number of urea groups is 1. The van der Waals surface area contributed by atoms with Crippen LogP contribution in [0.4, 0.5) is 4.79 Å². The van der Waals surface area contributed by atoms with Crippen LogP contribution < -0.4 is 16.4 Å². The van der Waals surface area contributed by atoms with Crippen LogP contribution in [0.3, 0.4) is 0 Å². The first-order chi connectivity index (χ1) is 8.45. The Labute approximate surface area is 108 Å². The number of likely N-dealkylation sites (tertiary alicyclic amines) is 1. The molecule has 1 fully saturated rings. The van der Waals surface area contributed by atoms with Gasteiger partial charge in [-0.3, -0.25) is 15.0 Å². The molecule has 0 spiro atoms. The van der Waals surface area contributed by atoms with Crippen molar-refractivity contribution in [3.05, 3.63) is 0 Å². The van der Waals surface area contributed by atoms with Crippen molar-refractivity contribution in [1.82, 2.24) is 15.5 Å². The predicted octanol–water partition coefficient (Wildman–Crippen LogP) is -0.110. The van der Waals surface area contributed by atoms with Gasteiger partial charge in [-0.05, 0) is 32.7 Å². The van der Waals surface area contributed by atoms with E-state index in [0.29, 0.717) is 19.0 Å². The summed E-state index contributed by atoms with van der Waals surface area (Å²) in [5.41, 5.74) is 6.00. The highest BCUT2D eigenvalue weighted by Gasteiger charge is 2.29. The molecule has 0 radical (unpaired) electrons. The number of nitrogens with two attached hydrogens (primary N) is 1. The minimum absolute atomic E-state index is 0.0958. The van der Waals surface area contributed by atoms with Gasteiger partial charge in [0.25, 0.3) is 0 Å². The fraction of sp³-hybridized carbons (Fsp3) is 0.833. The molecule has 3 amide bonds. The fourth-order valence-corrected chi connectivity index (χ4v) is 2.06. The summed E-state index contributed by atoms with van der Waals surface area (Å²) in [7, 11) is 0. The number of nitrogens with one attached hydrogen (secondary N) is 2. The van der Waals surface area contributed by atoms with E-state index in [1.165, 1.54) is 0 Å². The van der Waals surface area contributed by atoms with Gasteiger partial charge in [0, 0.05) is 19.1 Å². The second-order valence-corrected chi connectivity index (χ2v) is 4.95. The number of rotatable bonds is 3. The Kier molecular flexibility index (Phi) is 5.55. The Morgan fingerprint density at radius 1 is 1.50 bits per heavy atom. The molecule has 1 heterocycles.